The van der Waals surface area contributed by atoms with Crippen LogP contribution in [0.2, 0.25) is 0 Å². The monoisotopic (exact) mass is 191 g/mol. The van der Waals surface area contributed by atoms with Crippen molar-refractivity contribution in [3.63, 3.8) is 0 Å². The van der Waals surface area contributed by atoms with Crippen molar-refractivity contribution in [1.29, 1.82) is 0 Å². The van der Waals surface area contributed by atoms with Crippen LogP contribution in [0.4, 0.5) is 0 Å². The van der Waals surface area contributed by atoms with Gasteiger partial charge < -0.3 is 5.32 Å². The number of hydrogen-bond acceptors (Lipinski definition) is 3. The molecule has 0 spiro atoms. The summed E-state index contributed by atoms with van der Waals surface area (Å²) < 4.78 is 0. The molecule has 1 saturated carbocycles. The third-order valence-electron chi connectivity index (χ3n) is 2.86. The Morgan fingerprint density at radius 3 is 2.79 bits per heavy atom. The molecular formula is C11H17N3. The molecule has 2 atom stereocenters. The minimum absolute atomic E-state index is 0.675. The molecular weight excluding hydrogens is 174 g/mol. The van der Waals surface area contributed by atoms with E-state index in [1.807, 2.05) is 6.07 Å². The molecule has 1 fully saturated rings. The molecule has 1 aliphatic carbocycles. The van der Waals surface area contributed by atoms with Crippen molar-refractivity contribution < 1.29 is 0 Å². The Morgan fingerprint density at radius 2 is 2.14 bits per heavy atom. The molecule has 0 radical (unpaired) electrons. The van der Waals surface area contributed by atoms with Gasteiger partial charge in [0.05, 0.1) is 6.54 Å². The molecule has 1 N–H and O–H groups in total. The maximum atomic E-state index is 4.19. The first-order chi connectivity index (χ1) is 6.84. The highest BCUT2D eigenvalue weighted by Crippen LogP contribution is 2.24. The molecule has 0 saturated heterocycles. The summed E-state index contributed by atoms with van der Waals surface area (Å²) in [5.41, 5.74) is 0. The summed E-state index contributed by atoms with van der Waals surface area (Å²) in [6.07, 6.45) is 7.54. The van der Waals surface area contributed by atoms with Gasteiger partial charge in [-0.1, -0.05) is 6.92 Å². The van der Waals surface area contributed by atoms with Crippen LogP contribution in [-0.4, -0.2) is 16.0 Å². The van der Waals surface area contributed by atoms with Crippen LogP contribution in [0.5, 0.6) is 0 Å². The zero-order valence-corrected chi connectivity index (χ0v) is 8.61. The minimum Gasteiger partial charge on any atom is -0.307 e. The quantitative estimate of drug-likeness (QED) is 0.791. The Kier molecular flexibility index (Phi) is 3.09. The second kappa shape index (κ2) is 4.51. The van der Waals surface area contributed by atoms with Gasteiger partial charge in [0.1, 0.15) is 5.82 Å². The van der Waals surface area contributed by atoms with Crippen molar-refractivity contribution in [3.05, 3.63) is 24.3 Å². The maximum absolute atomic E-state index is 4.19. The van der Waals surface area contributed by atoms with Crippen molar-refractivity contribution in [1.82, 2.24) is 15.3 Å². The van der Waals surface area contributed by atoms with E-state index >= 15 is 0 Å². The lowest BCUT2D eigenvalue weighted by molar-refractivity contribution is 0.494. The summed E-state index contributed by atoms with van der Waals surface area (Å²) in [6, 6.07) is 2.52. The first-order valence-corrected chi connectivity index (χ1v) is 5.34. The van der Waals surface area contributed by atoms with E-state index in [9.17, 15) is 0 Å². The summed E-state index contributed by atoms with van der Waals surface area (Å²) >= 11 is 0. The van der Waals surface area contributed by atoms with E-state index in [2.05, 4.69) is 22.2 Å². The Balaban J connectivity index is 1.78. The Bertz CT molecular complexity index is 273. The molecule has 2 unspecified atom stereocenters. The first-order valence-electron chi connectivity index (χ1n) is 5.34. The SMILES string of the molecule is CC1CCC(NCc2ncccn2)C1. The number of aromatic nitrogens is 2. The van der Waals surface area contributed by atoms with Crippen molar-refractivity contribution in [2.24, 2.45) is 5.92 Å². The van der Waals surface area contributed by atoms with Crippen LogP contribution < -0.4 is 5.32 Å². The van der Waals surface area contributed by atoms with Crippen molar-refractivity contribution >= 4 is 0 Å². The van der Waals surface area contributed by atoms with Crippen LogP contribution in [0.3, 0.4) is 0 Å². The molecule has 3 heteroatoms. The second-order valence-electron chi connectivity index (χ2n) is 4.16. The highest BCUT2D eigenvalue weighted by molar-refractivity contribution is 4.89. The van der Waals surface area contributed by atoms with E-state index in [1.54, 1.807) is 12.4 Å². The zero-order valence-electron chi connectivity index (χ0n) is 8.61. The van der Waals surface area contributed by atoms with Gasteiger partial charge in [0.25, 0.3) is 0 Å². The fourth-order valence-corrected chi connectivity index (χ4v) is 2.05. The largest absolute Gasteiger partial charge is 0.307 e. The molecule has 14 heavy (non-hydrogen) atoms. The normalized spacial score (nSPS) is 26.6. The summed E-state index contributed by atoms with van der Waals surface area (Å²) in [7, 11) is 0. The summed E-state index contributed by atoms with van der Waals surface area (Å²) in [4.78, 5) is 8.37. The third kappa shape index (κ3) is 2.51. The van der Waals surface area contributed by atoms with Gasteiger partial charge in [-0.3, -0.25) is 0 Å². The van der Waals surface area contributed by atoms with Gasteiger partial charge >= 0.3 is 0 Å². The zero-order chi connectivity index (χ0) is 9.80. The Labute approximate surface area is 85.0 Å². The number of nitrogens with zero attached hydrogens (tertiary/aromatic N) is 2. The lowest BCUT2D eigenvalue weighted by Crippen LogP contribution is -2.26. The minimum atomic E-state index is 0.675. The van der Waals surface area contributed by atoms with Gasteiger partial charge in [-0.15, -0.1) is 0 Å². The van der Waals surface area contributed by atoms with Crippen molar-refractivity contribution in [3.8, 4) is 0 Å². The molecule has 0 bridgehead atoms. The molecule has 1 aromatic rings. The van der Waals surface area contributed by atoms with E-state index in [-0.39, 0.29) is 0 Å². The van der Waals surface area contributed by atoms with Crippen molar-refractivity contribution in [2.45, 2.75) is 38.8 Å². The highest BCUT2D eigenvalue weighted by atomic mass is 15.0. The Morgan fingerprint density at radius 1 is 1.36 bits per heavy atom. The van der Waals surface area contributed by atoms with Crippen molar-refractivity contribution in [2.75, 3.05) is 0 Å². The van der Waals surface area contributed by atoms with Gasteiger partial charge in [0.2, 0.25) is 0 Å². The number of rotatable bonds is 3. The average Bonchev–Trinajstić information content (AvgIpc) is 2.63. The van der Waals surface area contributed by atoms with E-state index < -0.39 is 0 Å². The predicted octanol–water partition coefficient (Wildman–Crippen LogP) is 1.75. The topological polar surface area (TPSA) is 37.8 Å². The summed E-state index contributed by atoms with van der Waals surface area (Å²) in [6.45, 7) is 3.12. The van der Waals surface area contributed by atoms with Gasteiger partial charge in [0.15, 0.2) is 0 Å². The lowest BCUT2D eigenvalue weighted by Gasteiger charge is -2.10. The predicted molar refractivity (Wildman–Crippen MR) is 55.7 cm³/mol. The fourth-order valence-electron chi connectivity index (χ4n) is 2.05. The second-order valence-corrected chi connectivity index (χ2v) is 4.16. The van der Waals surface area contributed by atoms with Crippen LogP contribution in [-0.2, 0) is 6.54 Å². The molecule has 0 amide bonds. The van der Waals surface area contributed by atoms with E-state index in [4.69, 9.17) is 0 Å². The fraction of sp³-hybridized carbons (Fsp3) is 0.636. The highest BCUT2D eigenvalue weighted by Gasteiger charge is 2.20. The summed E-state index contributed by atoms with van der Waals surface area (Å²) in [5, 5.41) is 3.50. The molecule has 1 aliphatic rings. The van der Waals surface area contributed by atoms with Gasteiger partial charge in [-0.05, 0) is 31.2 Å². The molecule has 1 aromatic heterocycles. The van der Waals surface area contributed by atoms with Gasteiger partial charge in [0, 0.05) is 18.4 Å². The lowest BCUT2D eigenvalue weighted by atomic mass is 10.1. The number of nitrogens with one attached hydrogen (secondary N) is 1. The maximum Gasteiger partial charge on any atom is 0.141 e. The standard InChI is InChI=1S/C11H17N3/c1-9-3-4-10(7-9)14-8-11-12-5-2-6-13-11/h2,5-6,9-10,14H,3-4,7-8H2,1H3. The van der Waals surface area contributed by atoms with Crippen LogP contribution in [0, 0.1) is 5.92 Å². The van der Waals surface area contributed by atoms with E-state index in [0.29, 0.717) is 6.04 Å². The van der Waals surface area contributed by atoms with Crippen LogP contribution in [0.25, 0.3) is 0 Å². The smallest absolute Gasteiger partial charge is 0.141 e. The first kappa shape index (κ1) is 9.59. The van der Waals surface area contributed by atoms with Crippen LogP contribution >= 0.6 is 0 Å². The van der Waals surface area contributed by atoms with Gasteiger partial charge in [-0.2, -0.15) is 0 Å². The molecule has 76 valence electrons. The molecule has 3 nitrogen and oxygen atoms in total. The summed E-state index contributed by atoms with van der Waals surface area (Å²) in [5.74, 6) is 1.77. The van der Waals surface area contributed by atoms with E-state index in [0.717, 1.165) is 18.3 Å². The molecule has 1 heterocycles. The molecule has 0 aliphatic heterocycles. The van der Waals surface area contributed by atoms with E-state index in [1.165, 1.54) is 19.3 Å². The van der Waals surface area contributed by atoms with Crippen LogP contribution in [0.1, 0.15) is 32.0 Å². The molecule has 0 aromatic carbocycles. The molecule has 2 rings (SSSR count). The van der Waals surface area contributed by atoms with Crippen LogP contribution in [0.15, 0.2) is 18.5 Å². The van der Waals surface area contributed by atoms with Gasteiger partial charge in [-0.25, -0.2) is 9.97 Å². The number of hydrogen-bond donors (Lipinski definition) is 1. The average molecular weight is 191 g/mol. The third-order valence-corrected chi connectivity index (χ3v) is 2.86. The Hall–Kier alpha value is -0.960.